The van der Waals surface area contributed by atoms with Crippen LogP contribution in [-0.2, 0) is 17.8 Å². The Labute approximate surface area is 219 Å². The smallest absolute Gasteiger partial charge is 0.316 e. The quantitative estimate of drug-likeness (QED) is 0.444. The topological polar surface area (TPSA) is 85.7 Å². The number of hydrogen-bond donors (Lipinski definition) is 0. The van der Waals surface area contributed by atoms with Crippen LogP contribution < -0.4 is 9.47 Å². The third-order valence-corrected chi connectivity index (χ3v) is 7.87. The van der Waals surface area contributed by atoms with Gasteiger partial charge in [0, 0.05) is 75.7 Å². The highest BCUT2D eigenvalue weighted by molar-refractivity contribution is 5.09. The minimum Gasteiger partial charge on any atom is -0.467 e. The molecule has 2 fully saturated rings. The van der Waals surface area contributed by atoms with Crippen molar-refractivity contribution in [2.75, 3.05) is 47.0 Å². The SMILES string of the molecule is COc1ncc(CN2CCC(OC)(C(C)CCOc3ncc(CN4CCCC(C)(F)C4)cn3)CC2)cn1. The summed E-state index contributed by atoms with van der Waals surface area (Å²) in [6.07, 6.45) is 11.5. The van der Waals surface area contributed by atoms with Crippen LogP contribution in [-0.4, -0.2) is 88.0 Å². The minimum absolute atomic E-state index is 0.166. The molecule has 4 rings (SSSR count). The monoisotopic (exact) mass is 516 g/mol. The summed E-state index contributed by atoms with van der Waals surface area (Å²) < 4.78 is 31.3. The lowest BCUT2D eigenvalue weighted by Gasteiger charge is -2.44. The van der Waals surface area contributed by atoms with E-state index >= 15 is 0 Å². The van der Waals surface area contributed by atoms with E-state index < -0.39 is 5.67 Å². The summed E-state index contributed by atoms with van der Waals surface area (Å²) in [7, 11) is 3.39. The molecular weight excluding hydrogens is 475 g/mol. The summed E-state index contributed by atoms with van der Waals surface area (Å²) >= 11 is 0. The first kappa shape index (κ1) is 27.6. The molecule has 9 nitrogen and oxygen atoms in total. The van der Waals surface area contributed by atoms with E-state index in [2.05, 4.69) is 36.7 Å². The van der Waals surface area contributed by atoms with Crippen LogP contribution >= 0.6 is 0 Å². The zero-order chi connectivity index (χ0) is 26.3. The highest BCUT2D eigenvalue weighted by atomic mass is 19.1. The van der Waals surface area contributed by atoms with E-state index in [4.69, 9.17) is 14.2 Å². The number of likely N-dealkylation sites (tertiary alicyclic amines) is 2. The van der Waals surface area contributed by atoms with E-state index in [1.807, 2.05) is 19.5 Å². The number of piperidine rings is 2. The molecular formula is C27H41FN6O3. The fourth-order valence-electron chi connectivity index (χ4n) is 5.55. The van der Waals surface area contributed by atoms with Gasteiger partial charge in [0.25, 0.3) is 0 Å². The maximum absolute atomic E-state index is 14.3. The summed E-state index contributed by atoms with van der Waals surface area (Å²) in [5.41, 5.74) is 0.778. The van der Waals surface area contributed by atoms with Gasteiger partial charge in [-0.25, -0.2) is 24.3 Å². The summed E-state index contributed by atoms with van der Waals surface area (Å²) in [6.45, 7) is 9.20. The lowest BCUT2D eigenvalue weighted by Crippen LogP contribution is -2.49. The molecule has 0 amide bonds. The van der Waals surface area contributed by atoms with Gasteiger partial charge in [-0.05, 0) is 51.5 Å². The molecule has 2 aromatic rings. The van der Waals surface area contributed by atoms with Crippen molar-refractivity contribution in [3.63, 3.8) is 0 Å². The van der Waals surface area contributed by atoms with Gasteiger partial charge < -0.3 is 14.2 Å². The van der Waals surface area contributed by atoms with Crippen molar-refractivity contribution < 1.29 is 18.6 Å². The second-order valence-corrected chi connectivity index (χ2v) is 10.8. The van der Waals surface area contributed by atoms with E-state index in [1.54, 1.807) is 26.4 Å². The predicted molar refractivity (Wildman–Crippen MR) is 138 cm³/mol. The number of aromatic nitrogens is 4. The van der Waals surface area contributed by atoms with Gasteiger partial charge in [0.1, 0.15) is 5.67 Å². The number of alkyl halides is 1. The van der Waals surface area contributed by atoms with E-state index in [1.165, 1.54) is 0 Å². The van der Waals surface area contributed by atoms with Gasteiger partial charge in [-0.15, -0.1) is 0 Å². The highest BCUT2D eigenvalue weighted by Gasteiger charge is 2.39. The predicted octanol–water partition coefficient (Wildman–Crippen LogP) is 3.69. The molecule has 2 atom stereocenters. The Morgan fingerprint density at radius 1 is 0.892 bits per heavy atom. The Morgan fingerprint density at radius 3 is 2.05 bits per heavy atom. The lowest BCUT2D eigenvalue weighted by molar-refractivity contribution is -0.0981. The van der Waals surface area contributed by atoms with Crippen LogP contribution in [0.2, 0.25) is 0 Å². The largest absolute Gasteiger partial charge is 0.467 e. The Balaban J connectivity index is 1.20. The molecule has 2 aromatic heterocycles. The highest BCUT2D eigenvalue weighted by Crippen LogP contribution is 2.35. The number of methoxy groups -OCH3 is 2. The Bertz CT molecular complexity index is 967. The van der Waals surface area contributed by atoms with Crippen LogP contribution in [0.3, 0.4) is 0 Å². The lowest BCUT2D eigenvalue weighted by atomic mass is 9.78. The normalized spacial score (nSPS) is 23.5. The summed E-state index contributed by atoms with van der Waals surface area (Å²) in [5.74, 6) is 0.331. The molecule has 10 heteroatoms. The summed E-state index contributed by atoms with van der Waals surface area (Å²) in [6, 6.07) is 0.772. The van der Waals surface area contributed by atoms with Crippen molar-refractivity contribution >= 4 is 0 Å². The number of halogens is 1. The molecule has 2 aliphatic heterocycles. The summed E-state index contributed by atoms with van der Waals surface area (Å²) in [5, 5.41) is 0. The van der Waals surface area contributed by atoms with Crippen LogP contribution in [0.1, 0.15) is 57.1 Å². The minimum atomic E-state index is -1.11. The fourth-order valence-corrected chi connectivity index (χ4v) is 5.55. The maximum atomic E-state index is 14.3. The molecule has 0 aliphatic carbocycles. The molecule has 4 heterocycles. The number of ether oxygens (including phenoxy) is 3. The van der Waals surface area contributed by atoms with Gasteiger partial charge in [-0.1, -0.05) is 6.92 Å². The van der Waals surface area contributed by atoms with E-state index in [-0.39, 0.29) is 5.60 Å². The van der Waals surface area contributed by atoms with Crippen molar-refractivity contribution in [1.29, 1.82) is 0 Å². The van der Waals surface area contributed by atoms with E-state index in [0.29, 0.717) is 44.1 Å². The Kier molecular flexibility index (Phi) is 9.26. The molecule has 0 radical (unpaired) electrons. The second kappa shape index (κ2) is 12.4. The van der Waals surface area contributed by atoms with Crippen LogP contribution in [0.15, 0.2) is 24.8 Å². The second-order valence-electron chi connectivity index (χ2n) is 10.8. The molecule has 0 bridgehead atoms. The van der Waals surface area contributed by atoms with Crippen LogP contribution in [0.5, 0.6) is 12.0 Å². The fraction of sp³-hybridized carbons (Fsp3) is 0.704. The van der Waals surface area contributed by atoms with Crippen LogP contribution in [0.25, 0.3) is 0 Å². The molecule has 37 heavy (non-hydrogen) atoms. The molecule has 0 aromatic carbocycles. The van der Waals surface area contributed by atoms with Gasteiger partial charge in [0.15, 0.2) is 0 Å². The van der Waals surface area contributed by atoms with Gasteiger partial charge in [0.2, 0.25) is 0 Å². The molecule has 2 saturated heterocycles. The Morgan fingerprint density at radius 2 is 1.49 bits per heavy atom. The van der Waals surface area contributed by atoms with Crippen molar-refractivity contribution in [1.82, 2.24) is 29.7 Å². The van der Waals surface area contributed by atoms with Crippen molar-refractivity contribution in [3.8, 4) is 12.0 Å². The molecule has 2 unspecified atom stereocenters. The zero-order valence-electron chi connectivity index (χ0n) is 22.7. The van der Waals surface area contributed by atoms with Gasteiger partial charge in [-0.2, -0.15) is 0 Å². The first-order valence-corrected chi connectivity index (χ1v) is 13.3. The van der Waals surface area contributed by atoms with Crippen molar-refractivity contribution in [3.05, 3.63) is 35.9 Å². The Hall–Kier alpha value is -2.43. The van der Waals surface area contributed by atoms with E-state index in [9.17, 15) is 4.39 Å². The maximum Gasteiger partial charge on any atom is 0.316 e. The van der Waals surface area contributed by atoms with Crippen LogP contribution in [0, 0.1) is 5.92 Å². The molecule has 0 N–H and O–H groups in total. The number of nitrogens with zero attached hydrogens (tertiary/aromatic N) is 6. The average molecular weight is 517 g/mol. The first-order valence-electron chi connectivity index (χ1n) is 13.3. The number of rotatable bonds is 11. The molecule has 2 aliphatic rings. The standard InChI is InChI=1S/C27H41FN6O3/c1-21(27(36-4)8-11-33(12-9-27)18-22-14-29-24(35-3)30-15-22)6-13-37-25-31-16-23(17-32-25)19-34-10-5-7-26(2,28)20-34/h14-17,21H,5-13,18-20H2,1-4H3. The third-order valence-electron chi connectivity index (χ3n) is 7.87. The van der Waals surface area contributed by atoms with Gasteiger partial charge in [-0.3, -0.25) is 9.80 Å². The zero-order valence-corrected chi connectivity index (χ0v) is 22.7. The van der Waals surface area contributed by atoms with Crippen molar-refractivity contribution in [2.45, 2.75) is 70.3 Å². The van der Waals surface area contributed by atoms with Crippen LogP contribution in [0.4, 0.5) is 4.39 Å². The average Bonchev–Trinajstić information content (AvgIpc) is 2.90. The first-order chi connectivity index (χ1) is 17.8. The van der Waals surface area contributed by atoms with Gasteiger partial charge >= 0.3 is 12.0 Å². The molecule has 0 saturated carbocycles. The third kappa shape index (κ3) is 7.55. The number of hydrogen-bond acceptors (Lipinski definition) is 9. The van der Waals surface area contributed by atoms with Gasteiger partial charge in [0.05, 0.1) is 19.3 Å². The molecule has 204 valence electrons. The molecule has 0 spiro atoms. The van der Waals surface area contributed by atoms with Crippen molar-refractivity contribution in [2.24, 2.45) is 5.92 Å². The van der Waals surface area contributed by atoms with E-state index in [0.717, 1.165) is 63.0 Å². The summed E-state index contributed by atoms with van der Waals surface area (Å²) in [4.78, 5) is 21.7.